The number of para-hydroxylation sites is 1. The summed E-state index contributed by atoms with van der Waals surface area (Å²) in [5.41, 5.74) is 1.31. The van der Waals surface area contributed by atoms with Crippen LogP contribution in [0, 0.1) is 0 Å². The van der Waals surface area contributed by atoms with Gasteiger partial charge in [0.2, 0.25) is 0 Å². The molecule has 3 aromatic rings. The predicted octanol–water partition coefficient (Wildman–Crippen LogP) is 1.87. The second-order valence-electron chi connectivity index (χ2n) is 7.42. The molecular formula is C19H24N4O3. The average molecular weight is 356 g/mol. The van der Waals surface area contributed by atoms with E-state index in [1.165, 1.54) is 17.1 Å². The molecule has 3 rings (SSSR count). The molecule has 0 spiro atoms. The van der Waals surface area contributed by atoms with Crippen molar-refractivity contribution in [2.75, 3.05) is 6.61 Å². The minimum Gasteiger partial charge on any atom is -0.491 e. The molecular weight excluding hydrogens is 332 g/mol. The lowest BCUT2D eigenvalue weighted by atomic mass is 9.86. The van der Waals surface area contributed by atoms with Gasteiger partial charge in [0.1, 0.15) is 30.2 Å². The summed E-state index contributed by atoms with van der Waals surface area (Å²) in [4.78, 5) is 16.7. The van der Waals surface area contributed by atoms with Crippen molar-refractivity contribution in [2.45, 2.75) is 38.8 Å². The largest absolute Gasteiger partial charge is 0.491 e. The first-order valence-corrected chi connectivity index (χ1v) is 8.55. The molecule has 0 fully saturated rings. The molecule has 1 aromatic carbocycles. The molecule has 0 aliphatic carbocycles. The quantitative estimate of drug-likeness (QED) is 0.755. The van der Waals surface area contributed by atoms with E-state index in [0.29, 0.717) is 11.0 Å². The smallest absolute Gasteiger partial charge is 0.264 e. The van der Waals surface area contributed by atoms with Gasteiger partial charge in [-0.15, -0.1) is 0 Å². The Kier molecular flexibility index (Phi) is 4.82. The summed E-state index contributed by atoms with van der Waals surface area (Å²) in [5.74, 6) is 0.743. The van der Waals surface area contributed by atoms with E-state index < -0.39 is 6.10 Å². The second kappa shape index (κ2) is 6.92. The van der Waals surface area contributed by atoms with E-state index in [0.717, 1.165) is 11.3 Å². The molecule has 0 aliphatic heterocycles. The fourth-order valence-electron chi connectivity index (χ4n) is 2.87. The highest BCUT2D eigenvalue weighted by Crippen LogP contribution is 2.30. The molecule has 138 valence electrons. The van der Waals surface area contributed by atoms with Gasteiger partial charge in [-0.25, -0.2) is 4.98 Å². The molecule has 0 unspecified atom stereocenters. The van der Waals surface area contributed by atoms with Gasteiger partial charge in [-0.1, -0.05) is 39.0 Å². The van der Waals surface area contributed by atoms with Crippen LogP contribution >= 0.6 is 0 Å². The third-order valence-electron chi connectivity index (χ3n) is 4.25. The van der Waals surface area contributed by atoms with E-state index in [-0.39, 0.29) is 24.1 Å². The van der Waals surface area contributed by atoms with E-state index in [1.54, 1.807) is 11.7 Å². The highest BCUT2D eigenvalue weighted by molar-refractivity contribution is 5.72. The van der Waals surface area contributed by atoms with Gasteiger partial charge in [0, 0.05) is 7.05 Å². The van der Waals surface area contributed by atoms with E-state index in [9.17, 15) is 9.90 Å². The Morgan fingerprint density at radius 3 is 2.73 bits per heavy atom. The van der Waals surface area contributed by atoms with Crippen LogP contribution in [0.15, 0.2) is 41.6 Å². The Morgan fingerprint density at radius 2 is 2.00 bits per heavy atom. The summed E-state index contributed by atoms with van der Waals surface area (Å²) in [7, 11) is 1.73. The monoisotopic (exact) mass is 356 g/mol. The number of rotatable bonds is 5. The Labute approximate surface area is 151 Å². The lowest BCUT2D eigenvalue weighted by Crippen LogP contribution is -2.30. The average Bonchev–Trinajstić information content (AvgIpc) is 2.97. The maximum Gasteiger partial charge on any atom is 0.264 e. The molecule has 2 heterocycles. The van der Waals surface area contributed by atoms with Crippen LogP contribution in [0.2, 0.25) is 0 Å². The zero-order valence-corrected chi connectivity index (χ0v) is 15.5. The van der Waals surface area contributed by atoms with Gasteiger partial charge in [0.05, 0.1) is 12.7 Å². The molecule has 0 saturated heterocycles. The molecule has 1 N–H and O–H groups in total. The number of fused-ring (bicyclic) bond motifs is 1. The van der Waals surface area contributed by atoms with Crippen molar-refractivity contribution in [1.82, 2.24) is 19.3 Å². The molecule has 0 aliphatic rings. The third kappa shape index (κ3) is 3.62. The summed E-state index contributed by atoms with van der Waals surface area (Å²) in [6.45, 7) is 6.53. The van der Waals surface area contributed by atoms with Gasteiger partial charge in [0.25, 0.3) is 5.56 Å². The number of hydrogen-bond acceptors (Lipinski definition) is 5. The number of nitrogens with zero attached hydrogens (tertiary/aromatic N) is 4. The van der Waals surface area contributed by atoms with Crippen LogP contribution in [-0.2, 0) is 19.0 Å². The molecule has 7 heteroatoms. The molecule has 0 radical (unpaired) electrons. The second-order valence-corrected chi connectivity index (χ2v) is 7.42. The number of aliphatic hydroxyl groups excluding tert-OH is 1. The van der Waals surface area contributed by atoms with Crippen molar-refractivity contribution >= 4 is 11.0 Å². The van der Waals surface area contributed by atoms with E-state index in [2.05, 4.69) is 30.9 Å². The van der Waals surface area contributed by atoms with Crippen LogP contribution in [0.25, 0.3) is 11.0 Å². The highest BCUT2D eigenvalue weighted by atomic mass is 16.5. The molecule has 7 nitrogen and oxygen atoms in total. The maximum absolute atomic E-state index is 12.5. The maximum atomic E-state index is 12.5. The summed E-state index contributed by atoms with van der Waals surface area (Å²) in [6.07, 6.45) is 2.08. The van der Waals surface area contributed by atoms with E-state index in [1.807, 2.05) is 24.3 Å². The third-order valence-corrected chi connectivity index (χ3v) is 4.25. The predicted molar refractivity (Wildman–Crippen MR) is 99.4 cm³/mol. The molecule has 26 heavy (non-hydrogen) atoms. The van der Waals surface area contributed by atoms with Crippen molar-refractivity contribution in [1.29, 1.82) is 0 Å². The molecule has 0 bridgehead atoms. The number of hydrogen-bond donors (Lipinski definition) is 1. The Morgan fingerprint density at radius 1 is 1.27 bits per heavy atom. The number of ether oxygens (including phenoxy) is 1. The first kappa shape index (κ1) is 18.1. The van der Waals surface area contributed by atoms with Crippen molar-refractivity contribution in [2.24, 2.45) is 7.05 Å². The van der Waals surface area contributed by atoms with Gasteiger partial charge in [-0.3, -0.25) is 14.0 Å². The lowest BCUT2D eigenvalue weighted by Gasteiger charge is -2.23. The summed E-state index contributed by atoms with van der Waals surface area (Å²) in [6, 6.07) is 7.79. The Balaban J connectivity index is 1.72. The van der Waals surface area contributed by atoms with Crippen LogP contribution < -0.4 is 10.3 Å². The first-order valence-electron chi connectivity index (χ1n) is 8.55. The summed E-state index contributed by atoms with van der Waals surface area (Å²) < 4.78 is 8.76. The lowest BCUT2D eigenvalue weighted by molar-refractivity contribution is 0.0905. The van der Waals surface area contributed by atoms with Gasteiger partial charge in [-0.05, 0) is 17.0 Å². The number of aliphatic hydroxyl groups is 1. The van der Waals surface area contributed by atoms with Crippen LogP contribution in [-0.4, -0.2) is 37.1 Å². The number of aromatic nitrogens is 4. The van der Waals surface area contributed by atoms with Crippen LogP contribution in [0.1, 0.15) is 26.3 Å². The Bertz CT molecular complexity index is 969. The van der Waals surface area contributed by atoms with E-state index in [4.69, 9.17) is 4.74 Å². The Hall–Kier alpha value is -2.67. The SMILES string of the molecule is Cn1ncc2c(=O)n(C[C@H](O)COc3ccccc3C(C)(C)C)cnc21. The zero-order chi connectivity index (χ0) is 18.9. The van der Waals surface area contributed by atoms with Gasteiger partial charge in [0.15, 0.2) is 5.65 Å². The number of benzene rings is 1. The number of aryl methyl sites for hydroxylation is 1. The minimum absolute atomic E-state index is 0.0618. The van der Waals surface area contributed by atoms with Crippen molar-refractivity contribution < 1.29 is 9.84 Å². The summed E-state index contributed by atoms with van der Waals surface area (Å²) in [5, 5.41) is 14.8. The van der Waals surface area contributed by atoms with Crippen LogP contribution in [0.5, 0.6) is 5.75 Å². The highest BCUT2D eigenvalue weighted by Gasteiger charge is 2.19. The molecule has 1 atom stereocenters. The standard InChI is InChI=1S/C19H24N4O3/c1-19(2,3)15-7-5-6-8-16(15)26-11-13(24)10-23-12-20-17-14(18(23)25)9-21-22(17)4/h5-9,12-13,24H,10-11H2,1-4H3/t13-/m0/s1. The van der Waals surface area contributed by atoms with Gasteiger partial charge in [-0.2, -0.15) is 5.10 Å². The molecule has 0 amide bonds. The fraction of sp³-hybridized carbons (Fsp3) is 0.421. The zero-order valence-electron chi connectivity index (χ0n) is 15.5. The molecule has 0 saturated carbocycles. The van der Waals surface area contributed by atoms with Crippen LogP contribution in [0.4, 0.5) is 0 Å². The van der Waals surface area contributed by atoms with Crippen molar-refractivity contribution in [3.63, 3.8) is 0 Å². The van der Waals surface area contributed by atoms with E-state index >= 15 is 0 Å². The minimum atomic E-state index is -0.836. The topological polar surface area (TPSA) is 82.2 Å². The van der Waals surface area contributed by atoms with Crippen molar-refractivity contribution in [3.05, 3.63) is 52.7 Å². The fourth-order valence-corrected chi connectivity index (χ4v) is 2.87. The first-order chi connectivity index (χ1) is 12.3. The van der Waals surface area contributed by atoms with Crippen molar-refractivity contribution in [3.8, 4) is 5.75 Å². The molecule has 2 aromatic heterocycles. The van der Waals surface area contributed by atoms with Gasteiger partial charge < -0.3 is 9.84 Å². The van der Waals surface area contributed by atoms with Crippen LogP contribution in [0.3, 0.4) is 0 Å². The normalized spacial score (nSPS) is 13.1. The van der Waals surface area contributed by atoms with Gasteiger partial charge >= 0.3 is 0 Å². The summed E-state index contributed by atoms with van der Waals surface area (Å²) >= 11 is 0.